The summed E-state index contributed by atoms with van der Waals surface area (Å²) >= 11 is 1.11. The van der Waals surface area contributed by atoms with Crippen LogP contribution >= 0.6 is 11.8 Å². The number of para-hydroxylation sites is 1. The predicted molar refractivity (Wildman–Crippen MR) is 122 cm³/mol. The smallest absolute Gasteiger partial charge is 0.266 e. The Bertz CT molecular complexity index is 1220. The van der Waals surface area contributed by atoms with E-state index in [0.717, 1.165) is 34.9 Å². The van der Waals surface area contributed by atoms with Crippen LogP contribution in [0.1, 0.15) is 27.2 Å². The zero-order valence-corrected chi connectivity index (χ0v) is 19.0. The summed E-state index contributed by atoms with van der Waals surface area (Å²) in [6.07, 6.45) is 1.08. The number of carbonyl (C=O) groups is 1. The molecule has 1 amide bonds. The van der Waals surface area contributed by atoms with E-state index in [4.69, 9.17) is 0 Å². The van der Waals surface area contributed by atoms with Gasteiger partial charge in [0.1, 0.15) is 11.6 Å². The highest BCUT2D eigenvalue weighted by Gasteiger charge is 2.30. The van der Waals surface area contributed by atoms with Crippen LogP contribution in [-0.2, 0) is 4.79 Å². The first kappa shape index (κ1) is 22.5. The fourth-order valence-electron chi connectivity index (χ4n) is 4.37. The molecule has 0 radical (unpaired) electrons. The van der Waals surface area contributed by atoms with Crippen molar-refractivity contribution < 1.29 is 13.6 Å². The minimum absolute atomic E-state index is 0.0399. The number of carbonyl (C=O) groups excluding carboxylic acids is 1. The molecule has 2 aromatic carbocycles. The lowest BCUT2D eigenvalue weighted by molar-refractivity contribution is -0.132. The van der Waals surface area contributed by atoms with Crippen LogP contribution in [0.25, 0.3) is 16.6 Å². The first-order valence-corrected chi connectivity index (χ1v) is 11.5. The van der Waals surface area contributed by atoms with Gasteiger partial charge in [0.25, 0.3) is 5.56 Å². The van der Waals surface area contributed by atoms with E-state index in [2.05, 4.69) is 18.8 Å². The third-order valence-corrected chi connectivity index (χ3v) is 6.75. The average molecular weight is 458 g/mol. The lowest BCUT2D eigenvalue weighted by Gasteiger charge is -2.36. The summed E-state index contributed by atoms with van der Waals surface area (Å²) < 4.78 is 29.3. The molecule has 1 saturated heterocycles. The van der Waals surface area contributed by atoms with Gasteiger partial charge in [-0.3, -0.25) is 14.2 Å². The number of nitrogens with zero attached hydrogens (tertiary/aromatic N) is 3. The Labute approximate surface area is 189 Å². The van der Waals surface area contributed by atoms with Crippen LogP contribution in [0.15, 0.2) is 52.4 Å². The monoisotopic (exact) mass is 457 g/mol. The minimum Gasteiger partial charge on any atom is -0.341 e. The summed E-state index contributed by atoms with van der Waals surface area (Å²) in [6, 6.07) is 9.82. The second-order valence-corrected chi connectivity index (χ2v) is 9.91. The quantitative estimate of drug-likeness (QED) is 0.423. The van der Waals surface area contributed by atoms with Crippen LogP contribution in [0.5, 0.6) is 0 Å². The Balaban J connectivity index is 1.76. The zero-order chi connectivity index (χ0) is 23.0. The van der Waals surface area contributed by atoms with Crippen molar-refractivity contribution in [2.45, 2.75) is 37.6 Å². The van der Waals surface area contributed by atoms with Gasteiger partial charge in [0.15, 0.2) is 5.16 Å². The van der Waals surface area contributed by atoms with Gasteiger partial charge in [-0.1, -0.05) is 37.7 Å². The number of piperidine rings is 1. The predicted octanol–water partition coefficient (Wildman–Crippen LogP) is 4.65. The molecule has 1 aliphatic heterocycles. The van der Waals surface area contributed by atoms with Crippen LogP contribution in [0.4, 0.5) is 8.78 Å². The number of halogens is 2. The molecule has 0 aliphatic carbocycles. The molecule has 3 atom stereocenters. The van der Waals surface area contributed by atoms with E-state index in [9.17, 15) is 18.4 Å². The molecule has 1 aliphatic rings. The Morgan fingerprint density at radius 1 is 1.12 bits per heavy atom. The fourth-order valence-corrected chi connectivity index (χ4v) is 5.38. The summed E-state index contributed by atoms with van der Waals surface area (Å²) in [5, 5.41) is -0.0216. The molecule has 3 unspecified atom stereocenters. The highest BCUT2D eigenvalue weighted by Crippen LogP contribution is 2.29. The fraction of sp³-hybridized carbons (Fsp3) is 0.375. The van der Waals surface area contributed by atoms with Crippen molar-refractivity contribution in [2.24, 2.45) is 11.8 Å². The van der Waals surface area contributed by atoms with Crippen LogP contribution in [0.2, 0.25) is 0 Å². The number of amides is 1. The molecule has 0 bridgehead atoms. The Kier molecular flexibility index (Phi) is 6.33. The van der Waals surface area contributed by atoms with Gasteiger partial charge in [-0.2, -0.15) is 0 Å². The second kappa shape index (κ2) is 9.02. The number of hydrogen-bond donors (Lipinski definition) is 0. The SMILES string of the molecule is CC1CC(C)CN(C(=O)C(C)Sc2nc3ccccc3c(=O)n2-c2ccc(F)cc2F)C1. The minimum atomic E-state index is -0.872. The van der Waals surface area contributed by atoms with Gasteiger partial charge in [-0.15, -0.1) is 0 Å². The van der Waals surface area contributed by atoms with Gasteiger partial charge in [0.2, 0.25) is 5.91 Å². The van der Waals surface area contributed by atoms with Gasteiger partial charge in [0.05, 0.1) is 21.8 Å². The van der Waals surface area contributed by atoms with Crippen LogP contribution in [-0.4, -0.2) is 38.7 Å². The molecule has 0 N–H and O–H groups in total. The molecule has 3 aromatic rings. The van der Waals surface area contributed by atoms with Crippen LogP contribution < -0.4 is 5.56 Å². The van der Waals surface area contributed by atoms with E-state index in [1.165, 1.54) is 6.07 Å². The molecule has 1 fully saturated rings. The maximum atomic E-state index is 14.7. The normalized spacial score (nSPS) is 19.8. The molecule has 5 nitrogen and oxygen atoms in total. The summed E-state index contributed by atoms with van der Waals surface area (Å²) in [5.74, 6) is -0.805. The molecular formula is C24H25F2N3O2S. The first-order chi connectivity index (χ1) is 15.2. The van der Waals surface area contributed by atoms with Crippen molar-refractivity contribution in [3.8, 4) is 5.69 Å². The third-order valence-electron chi connectivity index (χ3n) is 5.71. The number of aromatic nitrogens is 2. The van der Waals surface area contributed by atoms with Crippen molar-refractivity contribution in [2.75, 3.05) is 13.1 Å². The van der Waals surface area contributed by atoms with Gasteiger partial charge >= 0.3 is 0 Å². The number of rotatable bonds is 4. The van der Waals surface area contributed by atoms with Crippen molar-refractivity contribution in [1.29, 1.82) is 0 Å². The van der Waals surface area contributed by atoms with E-state index in [0.29, 0.717) is 35.8 Å². The molecule has 168 valence electrons. The molecule has 4 rings (SSSR count). The molecular weight excluding hydrogens is 432 g/mol. The molecule has 2 heterocycles. The second-order valence-electron chi connectivity index (χ2n) is 8.60. The number of fused-ring (bicyclic) bond motifs is 1. The third kappa shape index (κ3) is 4.41. The van der Waals surface area contributed by atoms with Gasteiger partial charge < -0.3 is 4.90 Å². The molecule has 8 heteroatoms. The molecule has 0 spiro atoms. The highest BCUT2D eigenvalue weighted by atomic mass is 32.2. The number of thioether (sulfide) groups is 1. The summed E-state index contributed by atoms with van der Waals surface area (Å²) in [7, 11) is 0. The zero-order valence-electron chi connectivity index (χ0n) is 18.2. The lowest BCUT2D eigenvalue weighted by Crippen LogP contribution is -2.45. The Hall–Kier alpha value is -2.74. The molecule has 32 heavy (non-hydrogen) atoms. The van der Waals surface area contributed by atoms with Crippen LogP contribution in [0, 0.1) is 23.5 Å². The van der Waals surface area contributed by atoms with Crippen LogP contribution in [0.3, 0.4) is 0 Å². The topological polar surface area (TPSA) is 55.2 Å². The maximum absolute atomic E-state index is 14.7. The summed E-state index contributed by atoms with van der Waals surface area (Å²) in [5.41, 5.74) is -0.112. The Morgan fingerprint density at radius 3 is 2.50 bits per heavy atom. The van der Waals surface area contributed by atoms with Gasteiger partial charge in [0, 0.05) is 19.2 Å². The van der Waals surface area contributed by atoms with E-state index in [1.54, 1.807) is 31.2 Å². The van der Waals surface area contributed by atoms with Crippen molar-refractivity contribution in [3.05, 3.63) is 64.5 Å². The average Bonchev–Trinajstić information content (AvgIpc) is 2.74. The molecule has 0 saturated carbocycles. The highest BCUT2D eigenvalue weighted by molar-refractivity contribution is 8.00. The largest absolute Gasteiger partial charge is 0.341 e. The number of hydrogen-bond acceptors (Lipinski definition) is 4. The van der Waals surface area contributed by atoms with E-state index < -0.39 is 22.4 Å². The summed E-state index contributed by atoms with van der Waals surface area (Å²) in [6.45, 7) is 7.42. The van der Waals surface area contributed by atoms with Crippen molar-refractivity contribution in [3.63, 3.8) is 0 Å². The van der Waals surface area contributed by atoms with Gasteiger partial charge in [-0.25, -0.2) is 13.8 Å². The van der Waals surface area contributed by atoms with Gasteiger partial charge in [-0.05, 0) is 49.4 Å². The Morgan fingerprint density at radius 2 is 1.81 bits per heavy atom. The van der Waals surface area contributed by atoms with Crippen molar-refractivity contribution >= 4 is 28.6 Å². The van der Waals surface area contributed by atoms with E-state index in [-0.39, 0.29) is 16.8 Å². The van der Waals surface area contributed by atoms with E-state index >= 15 is 0 Å². The van der Waals surface area contributed by atoms with Crippen molar-refractivity contribution in [1.82, 2.24) is 14.5 Å². The lowest BCUT2D eigenvalue weighted by atomic mass is 9.92. The number of likely N-dealkylation sites (tertiary alicyclic amines) is 1. The maximum Gasteiger partial charge on any atom is 0.266 e. The summed E-state index contributed by atoms with van der Waals surface area (Å²) in [4.78, 5) is 32.9. The van der Waals surface area contributed by atoms with E-state index in [1.807, 2.05) is 4.90 Å². The first-order valence-electron chi connectivity index (χ1n) is 10.7. The standard InChI is InChI=1S/C24H25F2N3O2S/c1-14-10-15(2)13-28(12-14)22(30)16(3)32-24-27-20-7-5-4-6-18(20)23(31)29(24)21-9-8-17(25)11-19(21)26/h4-9,11,14-16H,10,12-13H2,1-3H3. The number of benzene rings is 2. The molecule has 1 aromatic heterocycles.